The van der Waals surface area contributed by atoms with Gasteiger partial charge in [0.1, 0.15) is 0 Å². The monoisotopic (exact) mass is 358 g/mol. The Balaban J connectivity index is 2.11. The first-order chi connectivity index (χ1) is 13.0. The predicted molar refractivity (Wildman–Crippen MR) is 118 cm³/mol. The molecule has 27 heavy (non-hydrogen) atoms. The van der Waals surface area contributed by atoms with Gasteiger partial charge in [0.15, 0.2) is 0 Å². The molecule has 1 radical (unpaired) electrons. The molecule has 0 fully saturated rings. The molecule has 0 unspecified atom stereocenters. The molecule has 0 saturated carbocycles. The molecule has 0 aromatic heterocycles. The van der Waals surface area contributed by atoms with E-state index in [4.69, 9.17) is 0 Å². The Morgan fingerprint density at radius 1 is 1.04 bits per heavy atom. The molecular weight excluding hydrogens is 326 g/mol. The van der Waals surface area contributed by atoms with Gasteiger partial charge in [-0.1, -0.05) is 50.6 Å². The zero-order valence-electron chi connectivity index (χ0n) is 17.6. The second kappa shape index (κ2) is 6.95. The van der Waals surface area contributed by atoms with E-state index in [0.29, 0.717) is 6.04 Å². The lowest BCUT2D eigenvalue weighted by Gasteiger charge is -2.37. The van der Waals surface area contributed by atoms with Crippen LogP contribution < -0.4 is 10.4 Å². The van der Waals surface area contributed by atoms with Crippen molar-refractivity contribution in [2.75, 3.05) is 6.54 Å². The van der Waals surface area contributed by atoms with Crippen LogP contribution in [0.5, 0.6) is 0 Å². The number of likely N-dealkylation sites (N-methyl/N-ethyl adjacent to an activating group) is 1. The molecular formula is C26H32N. The molecule has 1 heteroatoms. The van der Waals surface area contributed by atoms with Gasteiger partial charge < -0.3 is 0 Å². The third-order valence-corrected chi connectivity index (χ3v) is 6.85. The molecule has 1 aliphatic heterocycles. The highest BCUT2D eigenvalue weighted by Crippen LogP contribution is 2.33. The number of nitrogens with zero attached hydrogens (tertiary/aromatic N) is 1. The summed E-state index contributed by atoms with van der Waals surface area (Å²) >= 11 is 0. The lowest BCUT2D eigenvalue weighted by Crippen LogP contribution is -2.42. The van der Waals surface area contributed by atoms with Crippen molar-refractivity contribution >= 4 is 23.4 Å². The molecule has 0 bridgehead atoms. The number of benzene rings is 2. The highest BCUT2D eigenvalue weighted by Gasteiger charge is 2.28. The van der Waals surface area contributed by atoms with E-state index in [1.165, 1.54) is 49.9 Å². The summed E-state index contributed by atoms with van der Waals surface area (Å²) in [6.45, 7) is 17.9. The van der Waals surface area contributed by atoms with E-state index in [-0.39, 0.29) is 0 Å². The van der Waals surface area contributed by atoms with Crippen LogP contribution in [0.25, 0.3) is 23.4 Å². The summed E-state index contributed by atoms with van der Waals surface area (Å²) in [6.07, 6.45) is 8.28. The molecule has 0 spiro atoms. The molecule has 1 atom stereocenters. The minimum absolute atomic E-state index is 0.652. The molecule has 0 saturated heterocycles. The topological polar surface area (TPSA) is 3.24 Å². The number of hydrogen-bond acceptors (Lipinski definition) is 1. The van der Waals surface area contributed by atoms with Gasteiger partial charge in [-0.2, -0.15) is 0 Å². The molecule has 141 valence electrons. The molecule has 0 N–H and O–H groups in total. The van der Waals surface area contributed by atoms with Gasteiger partial charge in [0, 0.05) is 19.0 Å². The normalized spacial score (nSPS) is 19.8. The highest BCUT2D eigenvalue weighted by molar-refractivity contribution is 5.93. The second-order valence-electron chi connectivity index (χ2n) is 8.29. The largest absolute Gasteiger partial charge is 0.296 e. The maximum Gasteiger partial charge on any atom is 0.0245 e. The Labute approximate surface area is 164 Å². The maximum atomic E-state index is 4.36. The second-order valence-corrected chi connectivity index (χ2v) is 8.29. The molecule has 2 aromatic rings. The van der Waals surface area contributed by atoms with E-state index < -0.39 is 0 Å². The quantitative estimate of drug-likeness (QED) is 0.772. The Bertz CT molecular complexity index is 1050. The van der Waals surface area contributed by atoms with E-state index in [1.807, 2.05) is 0 Å². The standard InChI is InChI=1S/C26H32N/c1-7-19-13-24-21-10-16(4)17(5)11-22(21)25-14-20(8-2)27(9-3)15-26(25)23(24)12-18(19)6/h10-13,20H,6-9,14-15H2,1-5H3/t20-/m0/s1. The van der Waals surface area contributed by atoms with Crippen molar-refractivity contribution in [3.05, 3.63) is 62.4 Å². The van der Waals surface area contributed by atoms with Crippen LogP contribution in [0.4, 0.5) is 0 Å². The van der Waals surface area contributed by atoms with Crippen LogP contribution in [-0.4, -0.2) is 17.5 Å². The van der Waals surface area contributed by atoms with Gasteiger partial charge >= 0.3 is 0 Å². The van der Waals surface area contributed by atoms with Crippen molar-refractivity contribution in [2.45, 2.75) is 66.5 Å². The van der Waals surface area contributed by atoms with Crippen LogP contribution in [-0.2, 0) is 19.4 Å². The summed E-state index contributed by atoms with van der Waals surface area (Å²) in [7, 11) is 0. The van der Waals surface area contributed by atoms with Crippen LogP contribution in [0.1, 0.15) is 63.3 Å². The van der Waals surface area contributed by atoms with E-state index in [0.717, 1.165) is 25.9 Å². The van der Waals surface area contributed by atoms with E-state index in [2.05, 4.69) is 70.7 Å². The molecule has 1 aliphatic carbocycles. The summed E-state index contributed by atoms with van der Waals surface area (Å²) in [5.74, 6) is 0. The smallest absolute Gasteiger partial charge is 0.0245 e. The summed E-state index contributed by atoms with van der Waals surface area (Å²) in [5.41, 5.74) is 8.72. The average Bonchev–Trinajstić information content (AvgIpc) is 2.68. The molecule has 4 rings (SSSR count). The van der Waals surface area contributed by atoms with E-state index in [9.17, 15) is 0 Å². The summed E-state index contributed by atoms with van der Waals surface area (Å²) in [6, 6.07) is 5.43. The number of rotatable bonds is 3. The average molecular weight is 359 g/mol. The highest BCUT2D eigenvalue weighted by atomic mass is 15.2. The first kappa shape index (κ1) is 18.5. The molecule has 2 aliphatic rings. The first-order valence-electron chi connectivity index (χ1n) is 10.6. The third kappa shape index (κ3) is 2.88. The fourth-order valence-corrected chi connectivity index (χ4v) is 4.99. The lowest BCUT2D eigenvalue weighted by atomic mass is 9.80. The molecule has 1 heterocycles. The van der Waals surface area contributed by atoms with Crippen molar-refractivity contribution < 1.29 is 0 Å². The Kier molecular flexibility index (Phi) is 4.76. The van der Waals surface area contributed by atoms with Crippen LogP contribution >= 0.6 is 0 Å². The zero-order chi connectivity index (χ0) is 19.3. The van der Waals surface area contributed by atoms with Gasteiger partial charge in [-0.25, -0.2) is 0 Å². The molecule has 1 nitrogen and oxygen atoms in total. The van der Waals surface area contributed by atoms with E-state index >= 15 is 0 Å². The van der Waals surface area contributed by atoms with E-state index in [1.54, 1.807) is 11.1 Å². The van der Waals surface area contributed by atoms with Crippen molar-refractivity contribution in [2.24, 2.45) is 0 Å². The minimum atomic E-state index is 0.652. The Morgan fingerprint density at radius 2 is 1.81 bits per heavy atom. The van der Waals surface area contributed by atoms with Crippen molar-refractivity contribution in [3.8, 4) is 0 Å². The number of fused-ring (bicyclic) bond motifs is 6. The van der Waals surface area contributed by atoms with Gasteiger partial charge in [0.25, 0.3) is 0 Å². The van der Waals surface area contributed by atoms with Crippen molar-refractivity contribution in [3.63, 3.8) is 0 Å². The van der Waals surface area contributed by atoms with Gasteiger partial charge in [-0.3, -0.25) is 4.90 Å². The predicted octanol–water partition coefficient (Wildman–Crippen LogP) is 4.65. The summed E-state index contributed by atoms with van der Waals surface area (Å²) in [5, 5.41) is 5.52. The fourth-order valence-electron chi connectivity index (χ4n) is 4.99. The SMILES string of the molecule is C=c1cc2c3c(c4c(c2cc1CC)[CH]C(C)=C(C)C=4)C[C@H](CC)N(CC)C3. The van der Waals surface area contributed by atoms with Gasteiger partial charge in [-0.15, -0.1) is 0 Å². The van der Waals surface area contributed by atoms with Crippen LogP contribution in [0.2, 0.25) is 0 Å². The van der Waals surface area contributed by atoms with Gasteiger partial charge in [0.05, 0.1) is 0 Å². The summed E-state index contributed by atoms with van der Waals surface area (Å²) in [4.78, 5) is 2.66. The molecule has 0 amide bonds. The zero-order valence-corrected chi connectivity index (χ0v) is 17.6. The van der Waals surface area contributed by atoms with Gasteiger partial charge in [-0.05, 0) is 89.2 Å². The van der Waals surface area contributed by atoms with Crippen molar-refractivity contribution in [1.82, 2.24) is 4.90 Å². The maximum absolute atomic E-state index is 4.36. The molecule has 2 aromatic carbocycles. The van der Waals surface area contributed by atoms with Crippen LogP contribution in [0.3, 0.4) is 0 Å². The van der Waals surface area contributed by atoms with Crippen LogP contribution in [0.15, 0.2) is 23.3 Å². The van der Waals surface area contributed by atoms with Crippen molar-refractivity contribution in [1.29, 1.82) is 0 Å². The number of allylic oxidation sites excluding steroid dienone is 2. The Morgan fingerprint density at radius 3 is 2.48 bits per heavy atom. The minimum Gasteiger partial charge on any atom is -0.296 e. The number of aryl methyl sites for hydroxylation is 1. The third-order valence-electron chi connectivity index (χ3n) is 6.85. The lowest BCUT2D eigenvalue weighted by molar-refractivity contribution is 0.177. The first-order valence-corrected chi connectivity index (χ1v) is 10.6. The Hall–Kier alpha value is -1.86. The summed E-state index contributed by atoms with van der Waals surface area (Å²) < 4.78 is 0. The van der Waals surface area contributed by atoms with Gasteiger partial charge in [0.2, 0.25) is 0 Å². The number of hydrogen-bond donors (Lipinski definition) is 0. The van der Waals surface area contributed by atoms with Crippen LogP contribution in [0, 0.1) is 6.42 Å². The fraction of sp³-hybridized carbons (Fsp3) is 0.423.